The Labute approximate surface area is 171 Å². The number of carbonyl (C=O) groups is 2. The number of piperidine rings is 1. The largest absolute Gasteiger partial charge is 0.494 e. The van der Waals surface area contributed by atoms with E-state index < -0.39 is 12.0 Å². The third-order valence-corrected chi connectivity index (χ3v) is 5.53. The van der Waals surface area contributed by atoms with Gasteiger partial charge in [-0.15, -0.1) is 0 Å². The number of carboxylic acid groups (broad SMARTS) is 1. The van der Waals surface area contributed by atoms with Crippen LogP contribution in [-0.2, 0) is 16.0 Å². The first-order valence-corrected chi connectivity index (χ1v) is 10.5. The van der Waals surface area contributed by atoms with Gasteiger partial charge in [-0.25, -0.2) is 4.79 Å². The first-order valence-electron chi connectivity index (χ1n) is 10.5. The van der Waals surface area contributed by atoms with E-state index >= 15 is 0 Å². The minimum Gasteiger partial charge on any atom is -0.494 e. The lowest BCUT2D eigenvalue weighted by atomic mass is 9.95. The lowest BCUT2D eigenvalue weighted by molar-refractivity contribution is -0.141. The van der Waals surface area contributed by atoms with Crippen LogP contribution in [0.15, 0.2) is 24.4 Å². The van der Waals surface area contributed by atoms with Crippen molar-refractivity contribution >= 4 is 22.8 Å². The molecule has 0 unspecified atom stereocenters. The molecule has 0 saturated carbocycles. The van der Waals surface area contributed by atoms with Gasteiger partial charge in [-0.05, 0) is 68.5 Å². The number of amides is 1. The highest BCUT2D eigenvalue weighted by molar-refractivity contribution is 5.87. The summed E-state index contributed by atoms with van der Waals surface area (Å²) in [6.07, 6.45) is 6.49. The number of aromatic amines is 1. The topological polar surface area (TPSA) is 103 Å². The fourth-order valence-electron chi connectivity index (χ4n) is 3.84. The maximum Gasteiger partial charge on any atom is 0.326 e. The molecule has 0 aliphatic carbocycles. The summed E-state index contributed by atoms with van der Waals surface area (Å²) in [4.78, 5) is 26.6. The molecule has 158 valence electrons. The summed E-state index contributed by atoms with van der Waals surface area (Å²) in [6.45, 7) is 4.74. The summed E-state index contributed by atoms with van der Waals surface area (Å²) in [5.41, 5.74) is 1.78. The number of aromatic nitrogens is 1. The van der Waals surface area contributed by atoms with Crippen LogP contribution < -0.4 is 15.4 Å². The number of ether oxygens (including phenoxy) is 1. The van der Waals surface area contributed by atoms with Crippen LogP contribution in [0.3, 0.4) is 0 Å². The molecule has 1 aliphatic heterocycles. The van der Waals surface area contributed by atoms with Crippen molar-refractivity contribution < 1.29 is 19.4 Å². The Kier molecular flexibility index (Phi) is 7.52. The molecule has 2 aromatic rings. The minimum atomic E-state index is -1.03. The van der Waals surface area contributed by atoms with Crippen molar-refractivity contribution in [3.05, 3.63) is 30.0 Å². The summed E-state index contributed by atoms with van der Waals surface area (Å²) in [5, 5.41) is 16.4. The van der Waals surface area contributed by atoms with Gasteiger partial charge in [0.15, 0.2) is 0 Å². The predicted octanol–water partition coefficient (Wildman–Crippen LogP) is 2.85. The first kappa shape index (κ1) is 21.2. The van der Waals surface area contributed by atoms with Crippen molar-refractivity contribution in [3.8, 4) is 5.75 Å². The number of fused-ring (bicyclic) bond motifs is 1. The molecule has 1 amide bonds. The first-order chi connectivity index (χ1) is 14.1. The Morgan fingerprint density at radius 2 is 2.10 bits per heavy atom. The SMILES string of the molecule is CCCC(=O)N[C@@H](Cc1c[nH]c2ccc(OCCC3CCNCC3)cc12)C(=O)O. The summed E-state index contributed by atoms with van der Waals surface area (Å²) in [7, 11) is 0. The fourth-order valence-corrected chi connectivity index (χ4v) is 3.84. The van der Waals surface area contributed by atoms with Crippen LogP contribution in [0.4, 0.5) is 0 Å². The van der Waals surface area contributed by atoms with Crippen LogP contribution in [0, 0.1) is 5.92 Å². The Morgan fingerprint density at radius 3 is 2.83 bits per heavy atom. The van der Waals surface area contributed by atoms with E-state index in [4.69, 9.17) is 4.74 Å². The second-order valence-electron chi connectivity index (χ2n) is 7.76. The van der Waals surface area contributed by atoms with Gasteiger partial charge in [0, 0.05) is 29.9 Å². The van der Waals surface area contributed by atoms with E-state index in [0.717, 1.165) is 41.7 Å². The van der Waals surface area contributed by atoms with E-state index in [1.165, 1.54) is 12.8 Å². The number of hydrogen-bond acceptors (Lipinski definition) is 4. The van der Waals surface area contributed by atoms with Crippen LogP contribution in [-0.4, -0.2) is 47.7 Å². The van der Waals surface area contributed by atoms with Gasteiger partial charge in [0.2, 0.25) is 5.91 Å². The van der Waals surface area contributed by atoms with E-state index in [2.05, 4.69) is 15.6 Å². The summed E-state index contributed by atoms with van der Waals surface area (Å²) < 4.78 is 5.97. The van der Waals surface area contributed by atoms with Crippen molar-refractivity contribution in [2.75, 3.05) is 19.7 Å². The minimum absolute atomic E-state index is 0.226. The number of carboxylic acids is 1. The molecule has 1 aromatic heterocycles. The van der Waals surface area contributed by atoms with Crippen LogP contribution >= 0.6 is 0 Å². The van der Waals surface area contributed by atoms with Gasteiger partial charge in [-0.2, -0.15) is 0 Å². The van der Waals surface area contributed by atoms with Gasteiger partial charge in [0.05, 0.1) is 6.61 Å². The molecule has 0 spiro atoms. The standard InChI is InChI=1S/C22H31N3O4/c1-2-3-21(26)25-20(22(27)28)12-16-14-24-19-5-4-17(13-18(16)19)29-11-8-15-6-9-23-10-7-15/h4-5,13-15,20,23-24H,2-3,6-12H2,1H3,(H,25,26)(H,27,28)/t20-/m0/s1. The predicted molar refractivity (Wildman–Crippen MR) is 112 cm³/mol. The van der Waals surface area contributed by atoms with Crippen LogP contribution in [0.25, 0.3) is 10.9 Å². The lowest BCUT2D eigenvalue weighted by Crippen LogP contribution is -2.42. The Hall–Kier alpha value is -2.54. The molecule has 29 heavy (non-hydrogen) atoms. The monoisotopic (exact) mass is 401 g/mol. The van der Waals surface area contributed by atoms with E-state index in [1.807, 2.05) is 31.3 Å². The van der Waals surface area contributed by atoms with Gasteiger partial charge in [0.1, 0.15) is 11.8 Å². The van der Waals surface area contributed by atoms with Crippen molar-refractivity contribution in [3.63, 3.8) is 0 Å². The number of H-pyrrole nitrogens is 1. The molecule has 1 atom stereocenters. The van der Waals surface area contributed by atoms with Gasteiger partial charge >= 0.3 is 5.97 Å². The molecule has 1 aliphatic rings. The third-order valence-electron chi connectivity index (χ3n) is 5.53. The van der Waals surface area contributed by atoms with E-state index in [0.29, 0.717) is 25.4 Å². The molecule has 1 saturated heterocycles. The van der Waals surface area contributed by atoms with Crippen LogP contribution in [0.1, 0.15) is 44.6 Å². The number of hydrogen-bond donors (Lipinski definition) is 4. The molecule has 1 fully saturated rings. The number of aliphatic carboxylic acids is 1. The Balaban J connectivity index is 1.64. The Bertz CT molecular complexity index is 827. The number of carbonyl (C=O) groups excluding carboxylic acids is 1. The smallest absolute Gasteiger partial charge is 0.326 e. The zero-order valence-corrected chi connectivity index (χ0v) is 17.0. The zero-order valence-electron chi connectivity index (χ0n) is 17.0. The molecule has 0 bridgehead atoms. The van der Waals surface area contributed by atoms with Gasteiger partial charge in [0.25, 0.3) is 0 Å². The quantitative estimate of drug-likeness (QED) is 0.490. The van der Waals surface area contributed by atoms with Gasteiger partial charge in [-0.3, -0.25) is 4.79 Å². The molecular weight excluding hydrogens is 370 g/mol. The number of nitrogens with one attached hydrogen (secondary N) is 3. The van der Waals surface area contributed by atoms with Crippen molar-refractivity contribution in [1.82, 2.24) is 15.6 Å². The van der Waals surface area contributed by atoms with Gasteiger partial charge < -0.3 is 25.5 Å². The molecule has 1 aromatic carbocycles. The second kappa shape index (κ2) is 10.3. The van der Waals surface area contributed by atoms with Gasteiger partial charge in [-0.1, -0.05) is 6.92 Å². The average molecular weight is 402 g/mol. The highest BCUT2D eigenvalue weighted by Gasteiger charge is 2.21. The zero-order chi connectivity index (χ0) is 20.6. The highest BCUT2D eigenvalue weighted by Crippen LogP contribution is 2.25. The normalized spacial score (nSPS) is 15.9. The molecule has 0 radical (unpaired) electrons. The second-order valence-corrected chi connectivity index (χ2v) is 7.76. The van der Waals surface area contributed by atoms with Crippen molar-refractivity contribution in [1.29, 1.82) is 0 Å². The lowest BCUT2D eigenvalue weighted by Gasteiger charge is -2.22. The van der Waals surface area contributed by atoms with E-state index in [-0.39, 0.29) is 12.3 Å². The molecule has 3 rings (SSSR count). The van der Waals surface area contributed by atoms with Crippen LogP contribution in [0.2, 0.25) is 0 Å². The highest BCUT2D eigenvalue weighted by atomic mass is 16.5. The summed E-state index contributed by atoms with van der Waals surface area (Å²) >= 11 is 0. The Morgan fingerprint density at radius 1 is 1.31 bits per heavy atom. The van der Waals surface area contributed by atoms with Crippen molar-refractivity contribution in [2.24, 2.45) is 5.92 Å². The number of rotatable bonds is 10. The molecule has 7 heteroatoms. The molecule has 4 N–H and O–H groups in total. The van der Waals surface area contributed by atoms with Crippen molar-refractivity contribution in [2.45, 2.75) is 51.5 Å². The fraction of sp³-hybridized carbons (Fsp3) is 0.545. The van der Waals surface area contributed by atoms with E-state index in [1.54, 1.807) is 0 Å². The van der Waals surface area contributed by atoms with E-state index in [9.17, 15) is 14.7 Å². The average Bonchev–Trinajstić information content (AvgIpc) is 3.10. The maximum absolute atomic E-state index is 11.8. The summed E-state index contributed by atoms with van der Waals surface area (Å²) in [6, 6.07) is 4.89. The maximum atomic E-state index is 11.8. The summed E-state index contributed by atoms with van der Waals surface area (Å²) in [5.74, 6) is 0.236. The molecular formula is C22H31N3O4. The molecule has 2 heterocycles. The van der Waals surface area contributed by atoms with Crippen LogP contribution in [0.5, 0.6) is 5.75 Å². The molecule has 7 nitrogen and oxygen atoms in total. The third kappa shape index (κ3) is 5.97. The number of benzene rings is 1.